The molecule has 0 bridgehead atoms. The topological polar surface area (TPSA) is 25.2 Å². The molecule has 1 heterocycles. The number of amides is 1. The van der Waals surface area contributed by atoms with Crippen LogP contribution in [-0.2, 0) is 7.05 Å². The summed E-state index contributed by atoms with van der Waals surface area (Å²) in [6.07, 6.45) is 5.14. The molecule has 0 aliphatic rings. The SMILES string of the molecule is C#CCN(C)C(=O)c1ccc(C)n1C. The Morgan fingerprint density at radius 2 is 2.29 bits per heavy atom. The van der Waals surface area contributed by atoms with Crippen LogP contribution in [0.15, 0.2) is 12.1 Å². The summed E-state index contributed by atoms with van der Waals surface area (Å²) < 4.78 is 1.86. The molecule has 0 radical (unpaired) electrons. The number of hydrogen-bond acceptors (Lipinski definition) is 1. The molecule has 0 atom stereocenters. The number of rotatable bonds is 2. The van der Waals surface area contributed by atoms with Gasteiger partial charge < -0.3 is 9.47 Å². The van der Waals surface area contributed by atoms with Crippen molar-refractivity contribution in [2.75, 3.05) is 13.6 Å². The van der Waals surface area contributed by atoms with Crippen molar-refractivity contribution in [3.8, 4) is 12.3 Å². The highest BCUT2D eigenvalue weighted by Gasteiger charge is 2.14. The van der Waals surface area contributed by atoms with Crippen molar-refractivity contribution in [1.29, 1.82) is 0 Å². The van der Waals surface area contributed by atoms with E-state index in [0.717, 1.165) is 5.69 Å². The maximum Gasteiger partial charge on any atom is 0.270 e. The number of aryl methyl sites for hydroxylation is 1. The Morgan fingerprint density at radius 3 is 2.71 bits per heavy atom. The second-order valence-electron chi connectivity index (χ2n) is 3.28. The van der Waals surface area contributed by atoms with E-state index in [-0.39, 0.29) is 5.91 Å². The van der Waals surface area contributed by atoms with Gasteiger partial charge in [0.1, 0.15) is 5.69 Å². The molecule has 0 aliphatic heterocycles. The molecule has 74 valence electrons. The summed E-state index contributed by atoms with van der Waals surface area (Å²) in [6.45, 7) is 2.29. The zero-order chi connectivity index (χ0) is 10.7. The summed E-state index contributed by atoms with van der Waals surface area (Å²) >= 11 is 0. The minimum absolute atomic E-state index is 0.0430. The van der Waals surface area contributed by atoms with Gasteiger partial charge in [0, 0.05) is 19.8 Å². The molecule has 1 rings (SSSR count). The minimum Gasteiger partial charge on any atom is -0.344 e. The number of nitrogens with zero attached hydrogens (tertiary/aromatic N) is 2. The zero-order valence-corrected chi connectivity index (χ0v) is 8.74. The quantitative estimate of drug-likeness (QED) is 0.640. The van der Waals surface area contributed by atoms with Crippen LogP contribution in [-0.4, -0.2) is 29.0 Å². The van der Waals surface area contributed by atoms with E-state index in [9.17, 15) is 4.79 Å². The Bertz CT molecular complexity index is 384. The average molecular weight is 190 g/mol. The fourth-order valence-corrected chi connectivity index (χ4v) is 1.23. The lowest BCUT2D eigenvalue weighted by Crippen LogP contribution is -2.28. The lowest BCUT2D eigenvalue weighted by atomic mass is 10.3. The van der Waals surface area contributed by atoms with Gasteiger partial charge in [-0.25, -0.2) is 0 Å². The van der Waals surface area contributed by atoms with E-state index in [1.807, 2.05) is 30.7 Å². The summed E-state index contributed by atoms with van der Waals surface area (Å²) in [5, 5.41) is 0. The van der Waals surface area contributed by atoms with Gasteiger partial charge in [0.2, 0.25) is 0 Å². The molecule has 1 amide bonds. The van der Waals surface area contributed by atoms with Crippen LogP contribution in [0.3, 0.4) is 0 Å². The van der Waals surface area contributed by atoms with Crippen molar-refractivity contribution < 1.29 is 4.79 Å². The van der Waals surface area contributed by atoms with Crippen molar-refractivity contribution in [3.05, 3.63) is 23.5 Å². The highest BCUT2D eigenvalue weighted by molar-refractivity contribution is 5.92. The van der Waals surface area contributed by atoms with Gasteiger partial charge in [-0.2, -0.15) is 0 Å². The van der Waals surface area contributed by atoms with E-state index in [2.05, 4.69) is 5.92 Å². The Hall–Kier alpha value is -1.69. The van der Waals surface area contributed by atoms with Crippen LogP contribution in [0, 0.1) is 19.3 Å². The Labute approximate surface area is 84.3 Å². The Balaban J connectivity index is 2.91. The maximum absolute atomic E-state index is 11.8. The van der Waals surface area contributed by atoms with Gasteiger partial charge in [0.25, 0.3) is 5.91 Å². The molecular formula is C11H14N2O. The van der Waals surface area contributed by atoms with E-state index in [0.29, 0.717) is 12.2 Å². The fraction of sp³-hybridized carbons (Fsp3) is 0.364. The number of carbonyl (C=O) groups is 1. The third-order valence-corrected chi connectivity index (χ3v) is 2.27. The summed E-state index contributed by atoms with van der Waals surface area (Å²) in [7, 11) is 3.57. The summed E-state index contributed by atoms with van der Waals surface area (Å²) in [5.74, 6) is 2.40. The van der Waals surface area contributed by atoms with Crippen LogP contribution >= 0.6 is 0 Å². The average Bonchev–Trinajstić information content (AvgIpc) is 2.47. The van der Waals surface area contributed by atoms with E-state index < -0.39 is 0 Å². The highest BCUT2D eigenvalue weighted by Crippen LogP contribution is 2.07. The molecule has 0 saturated heterocycles. The Morgan fingerprint density at radius 1 is 1.64 bits per heavy atom. The fourth-order valence-electron chi connectivity index (χ4n) is 1.23. The van der Waals surface area contributed by atoms with Gasteiger partial charge in [0.15, 0.2) is 0 Å². The largest absolute Gasteiger partial charge is 0.344 e. The predicted octanol–water partition coefficient (Wildman–Crippen LogP) is 1.04. The van der Waals surface area contributed by atoms with Crippen LogP contribution < -0.4 is 0 Å². The molecular weight excluding hydrogens is 176 g/mol. The lowest BCUT2D eigenvalue weighted by molar-refractivity contribution is 0.0803. The van der Waals surface area contributed by atoms with E-state index >= 15 is 0 Å². The van der Waals surface area contributed by atoms with Crippen LogP contribution in [0.2, 0.25) is 0 Å². The summed E-state index contributed by atoms with van der Waals surface area (Å²) in [4.78, 5) is 13.3. The van der Waals surface area contributed by atoms with Crippen LogP contribution in [0.4, 0.5) is 0 Å². The number of hydrogen-bond donors (Lipinski definition) is 0. The van der Waals surface area contributed by atoms with Crippen molar-refractivity contribution in [1.82, 2.24) is 9.47 Å². The van der Waals surface area contributed by atoms with Crippen LogP contribution in [0.25, 0.3) is 0 Å². The standard InChI is InChI=1S/C11H14N2O/c1-5-8-12(3)11(14)10-7-6-9(2)13(10)4/h1,6-7H,8H2,2-4H3. The van der Waals surface area contributed by atoms with Gasteiger partial charge in [0.05, 0.1) is 6.54 Å². The molecule has 0 unspecified atom stereocenters. The van der Waals surface area contributed by atoms with E-state index in [1.165, 1.54) is 4.90 Å². The molecule has 1 aromatic rings. The second-order valence-corrected chi connectivity index (χ2v) is 3.28. The minimum atomic E-state index is -0.0430. The normalized spacial score (nSPS) is 9.57. The van der Waals surface area contributed by atoms with Gasteiger partial charge in [-0.15, -0.1) is 6.42 Å². The van der Waals surface area contributed by atoms with E-state index in [1.54, 1.807) is 7.05 Å². The molecule has 0 saturated carbocycles. The van der Waals surface area contributed by atoms with Crippen molar-refractivity contribution in [3.63, 3.8) is 0 Å². The molecule has 1 aromatic heterocycles. The molecule has 0 N–H and O–H groups in total. The lowest BCUT2D eigenvalue weighted by Gasteiger charge is -2.14. The van der Waals surface area contributed by atoms with Gasteiger partial charge in [-0.3, -0.25) is 4.79 Å². The molecule has 0 aliphatic carbocycles. The van der Waals surface area contributed by atoms with Gasteiger partial charge >= 0.3 is 0 Å². The molecule has 14 heavy (non-hydrogen) atoms. The monoisotopic (exact) mass is 190 g/mol. The number of carbonyl (C=O) groups excluding carboxylic acids is 1. The first-order valence-corrected chi connectivity index (χ1v) is 4.39. The van der Waals surface area contributed by atoms with Crippen molar-refractivity contribution >= 4 is 5.91 Å². The third kappa shape index (κ3) is 1.80. The predicted molar refractivity (Wildman–Crippen MR) is 55.9 cm³/mol. The molecule has 0 aromatic carbocycles. The maximum atomic E-state index is 11.8. The number of terminal acetylenes is 1. The molecule has 0 spiro atoms. The smallest absolute Gasteiger partial charge is 0.270 e. The van der Waals surface area contributed by atoms with Crippen molar-refractivity contribution in [2.24, 2.45) is 7.05 Å². The second kappa shape index (κ2) is 4.01. The van der Waals surface area contributed by atoms with Gasteiger partial charge in [-0.05, 0) is 19.1 Å². The molecule has 0 fully saturated rings. The first kappa shape index (κ1) is 10.4. The highest BCUT2D eigenvalue weighted by atomic mass is 16.2. The number of aromatic nitrogens is 1. The van der Waals surface area contributed by atoms with Crippen LogP contribution in [0.5, 0.6) is 0 Å². The molecule has 3 heteroatoms. The molecule has 3 nitrogen and oxygen atoms in total. The van der Waals surface area contributed by atoms with Crippen molar-refractivity contribution in [2.45, 2.75) is 6.92 Å². The summed E-state index contributed by atoms with van der Waals surface area (Å²) in [5.41, 5.74) is 1.72. The Kier molecular flexibility index (Phi) is 2.98. The van der Waals surface area contributed by atoms with Gasteiger partial charge in [-0.1, -0.05) is 5.92 Å². The third-order valence-electron chi connectivity index (χ3n) is 2.27. The van der Waals surface area contributed by atoms with E-state index in [4.69, 9.17) is 6.42 Å². The first-order valence-electron chi connectivity index (χ1n) is 4.39. The first-order chi connectivity index (χ1) is 6.57. The zero-order valence-electron chi connectivity index (χ0n) is 8.74. The van der Waals surface area contributed by atoms with Crippen LogP contribution in [0.1, 0.15) is 16.2 Å². The summed E-state index contributed by atoms with van der Waals surface area (Å²) in [6, 6.07) is 3.72.